The third-order valence-electron chi connectivity index (χ3n) is 3.99. The lowest BCUT2D eigenvalue weighted by atomic mass is 9.99. The minimum absolute atomic E-state index is 0.00575. The zero-order valence-electron chi connectivity index (χ0n) is 12.6. The van der Waals surface area contributed by atoms with Crippen molar-refractivity contribution in [2.75, 3.05) is 7.11 Å². The first-order valence-corrected chi connectivity index (χ1v) is 7.12. The van der Waals surface area contributed by atoms with E-state index in [0.717, 1.165) is 12.0 Å². The van der Waals surface area contributed by atoms with E-state index in [1.807, 2.05) is 6.07 Å². The minimum Gasteiger partial charge on any atom is -0.490 e. The fourth-order valence-electron chi connectivity index (χ4n) is 2.62. The van der Waals surface area contributed by atoms with Crippen molar-refractivity contribution in [3.63, 3.8) is 0 Å². The van der Waals surface area contributed by atoms with Gasteiger partial charge in [-0.25, -0.2) is 5.43 Å². The highest BCUT2D eigenvalue weighted by Gasteiger charge is 2.30. The lowest BCUT2D eigenvalue weighted by Gasteiger charge is -2.19. The lowest BCUT2D eigenvalue weighted by Crippen LogP contribution is -2.43. The van der Waals surface area contributed by atoms with Gasteiger partial charge >= 0.3 is 5.69 Å². The summed E-state index contributed by atoms with van der Waals surface area (Å²) in [5, 5.41) is 14.4. The second-order valence-electron chi connectivity index (χ2n) is 5.28. The highest BCUT2D eigenvalue weighted by Crippen LogP contribution is 2.27. The van der Waals surface area contributed by atoms with Crippen LogP contribution in [0, 0.1) is 16.0 Å². The van der Waals surface area contributed by atoms with Gasteiger partial charge < -0.3 is 4.74 Å². The monoisotopic (exact) mass is 294 g/mol. The first-order valence-electron chi connectivity index (χ1n) is 7.12. The summed E-state index contributed by atoms with van der Waals surface area (Å²) in [6.45, 7) is 4.88. The number of hydrogen-bond acceptors (Lipinski definition) is 6. The average Bonchev–Trinajstić information content (AvgIpc) is 2.85. The quantitative estimate of drug-likeness (QED) is 0.545. The topological polar surface area (TPSA) is 88.5 Å². The number of benzene rings is 1. The number of nitrogens with one attached hydrogen (secondary N) is 3. The van der Waals surface area contributed by atoms with E-state index in [1.54, 1.807) is 12.1 Å². The summed E-state index contributed by atoms with van der Waals surface area (Å²) in [6, 6.07) is 5.46. The summed E-state index contributed by atoms with van der Waals surface area (Å²) in [4.78, 5) is 10.6. The standard InChI is InChI=1S/C14H22N4O3/c1-4-11-9(2)14(17-16-11)15-8-10-5-6-13(21-3)12(7-10)18(19)20/h5-7,9,11,14-17H,4,8H2,1-3H3. The van der Waals surface area contributed by atoms with Gasteiger partial charge in [0, 0.05) is 24.6 Å². The molecule has 7 heteroatoms. The van der Waals surface area contributed by atoms with Gasteiger partial charge in [0.2, 0.25) is 0 Å². The molecule has 7 nitrogen and oxygen atoms in total. The second kappa shape index (κ2) is 6.84. The molecule has 3 N–H and O–H groups in total. The molecule has 0 spiro atoms. The maximum absolute atomic E-state index is 11.0. The van der Waals surface area contributed by atoms with Gasteiger partial charge in [0.25, 0.3) is 0 Å². The van der Waals surface area contributed by atoms with Gasteiger partial charge in [-0.15, -0.1) is 0 Å². The molecule has 1 heterocycles. The van der Waals surface area contributed by atoms with E-state index in [9.17, 15) is 10.1 Å². The van der Waals surface area contributed by atoms with Gasteiger partial charge in [-0.05, 0) is 18.1 Å². The van der Waals surface area contributed by atoms with E-state index in [0.29, 0.717) is 18.5 Å². The van der Waals surface area contributed by atoms with Gasteiger partial charge in [0.15, 0.2) is 5.75 Å². The van der Waals surface area contributed by atoms with Crippen molar-refractivity contribution in [1.82, 2.24) is 16.2 Å². The molecule has 1 saturated heterocycles. The van der Waals surface area contributed by atoms with E-state index in [1.165, 1.54) is 7.11 Å². The van der Waals surface area contributed by atoms with E-state index in [4.69, 9.17) is 4.74 Å². The maximum Gasteiger partial charge on any atom is 0.311 e. The summed E-state index contributed by atoms with van der Waals surface area (Å²) in [7, 11) is 1.43. The first-order chi connectivity index (χ1) is 10.1. The highest BCUT2D eigenvalue weighted by atomic mass is 16.6. The summed E-state index contributed by atoms with van der Waals surface area (Å²) >= 11 is 0. The summed E-state index contributed by atoms with van der Waals surface area (Å²) in [6.07, 6.45) is 1.21. The minimum atomic E-state index is -0.423. The Morgan fingerprint density at radius 2 is 2.19 bits per heavy atom. The van der Waals surface area contributed by atoms with E-state index >= 15 is 0 Å². The fraction of sp³-hybridized carbons (Fsp3) is 0.571. The molecule has 0 aromatic heterocycles. The van der Waals surface area contributed by atoms with Crippen LogP contribution in [0.15, 0.2) is 18.2 Å². The molecule has 1 aliphatic heterocycles. The van der Waals surface area contributed by atoms with Crippen molar-refractivity contribution in [2.45, 2.75) is 39.0 Å². The molecule has 1 aromatic rings. The number of ether oxygens (including phenoxy) is 1. The van der Waals surface area contributed by atoms with Crippen molar-refractivity contribution in [3.05, 3.63) is 33.9 Å². The molecule has 1 aliphatic rings. The lowest BCUT2D eigenvalue weighted by molar-refractivity contribution is -0.385. The molecule has 0 amide bonds. The number of hydrazine groups is 1. The van der Waals surface area contributed by atoms with Crippen LogP contribution in [0.25, 0.3) is 0 Å². The summed E-state index contributed by atoms with van der Waals surface area (Å²) in [5.74, 6) is 0.729. The van der Waals surface area contributed by atoms with Crippen LogP contribution in [-0.4, -0.2) is 24.2 Å². The van der Waals surface area contributed by atoms with Crippen molar-refractivity contribution >= 4 is 5.69 Å². The predicted molar refractivity (Wildman–Crippen MR) is 79.8 cm³/mol. The van der Waals surface area contributed by atoms with Crippen molar-refractivity contribution in [3.8, 4) is 5.75 Å². The van der Waals surface area contributed by atoms with Crippen LogP contribution in [0.1, 0.15) is 25.8 Å². The van der Waals surface area contributed by atoms with E-state index in [-0.39, 0.29) is 17.6 Å². The molecule has 0 saturated carbocycles. The van der Waals surface area contributed by atoms with Crippen LogP contribution in [-0.2, 0) is 6.54 Å². The molecule has 1 fully saturated rings. The molecule has 116 valence electrons. The van der Waals surface area contributed by atoms with Crippen LogP contribution < -0.4 is 20.9 Å². The molecular formula is C14H22N4O3. The first kappa shape index (κ1) is 15.7. The van der Waals surface area contributed by atoms with Crippen LogP contribution in [0.3, 0.4) is 0 Å². The smallest absolute Gasteiger partial charge is 0.311 e. The fourth-order valence-corrected chi connectivity index (χ4v) is 2.62. The second-order valence-corrected chi connectivity index (χ2v) is 5.28. The number of methoxy groups -OCH3 is 1. The predicted octanol–water partition coefficient (Wildman–Crippen LogP) is 1.54. The number of rotatable bonds is 6. The third kappa shape index (κ3) is 3.49. The summed E-state index contributed by atoms with van der Waals surface area (Å²) < 4.78 is 5.00. The number of nitrogens with zero attached hydrogens (tertiary/aromatic N) is 1. The van der Waals surface area contributed by atoms with Gasteiger partial charge in [-0.3, -0.25) is 20.9 Å². The van der Waals surface area contributed by atoms with Gasteiger partial charge in [0.05, 0.1) is 18.2 Å². The molecule has 3 unspecified atom stereocenters. The zero-order valence-corrected chi connectivity index (χ0v) is 12.6. The maximum atomic E-state index is 11.0. The Labute approximate surface area is 124 Å². The van der Waals surface area contributed by atoms with E-state index in [2.05, 4.69) is 30.0 Å². The van der Waals surface area contributed by atoms with Gasteiger partial charge in [-0.1, -0.05) is 19.9 Å². The zero-order chi connectivity index (χ0) is 15.4. The Balaban J connectivity index is 2.01. The molecular weight excluding hydrogens is 272 g/mol. The molecule has 3 atom stereocenters. The van der Waals surface area contributed by atoms with Crippen LogP contribution in [0.5, 0.6) is 5.75 Å². The molecule has 21 heavy (non-hydrogen) atoms. The third-order valence-corrected chi connectivity index (χ3v) is 3.99. The Morgan fingerprint density at radius 3 is 2.76 bits per heavy atom. The van der Waals surface area contributed by atoms with Crippen molar-refractivity contribution < 1.29 is 9.66 Å². The van der Waals surface area contributed by atoms with Gasteiger partial charge in [0.1, 0.15) is 0 Å². The normalized spacial score (nSPS) is 25.0. The number of hydrogen-bond donors (Lipinski definition) is 3. The molecule has 1 aromatic carbocycles. The molecule has 0 aliphatic carbocycles. The average molecular weight is 294 g/mol. The van der Waals surface area contributed by atoms with Gasteiger partial charge in [-0.2, -0.15) is 0 Å². The number of nitro groups is 1. The summed E-state index contributed by atoms with van der Waals surface area (Å²) in [5.41, 5.74) is 7.32. The Bertz CT molecular complexity index is 509. The van der Waals surface area contributed by atoms with Crippen molar-refractivity contribution in [1.29, 1.82) is 0 Å². The van der Waals surface area contributed by atoms with E-state index < -0.39 is 4.92 Å². The Morgan fingerprint density at radius 1 is 1.43 bits per heavy atom. The number of nitro benzene ring substituents is 1. The Hall–Kier alpha value is -1.70. The van der Waals surface area contributed by atoms with Crippen LogP contribution >= 0.6 is 0 Å². The van der Waals surface area contributed by atoms with Crippen LogP contribution in [0.2, 0.25) is 0 Å². The largest absolute Gasteiger partial charge is 0.490 e. The Kier molecular flexibility index (Phi) is 5.11. The van der Waals surface area contributed by atoms with Crippen LogP contribution in [0.4, 0.5) is 5.69 Å². The SMILES string of the molecule is CCC1NNC(NCc2ccc(OC)c([N+](=O)[O-])c2)C1C. The van der Waals surface area contributed by atoms with Crippen molar-refractivity contribution in [2.24, 2.45) is 5.92 Å². The molecule has 2 rings (SSSR count). The molecule has 0 radical (unpaired) electrons. The molecule has 0 bridgehead atoms. The highest BCUT2D eigenvalue weighted by molar-refractivity contribution is 5.48.